The van der Waals surface area contributed by atoms with Gasteiger partial charge in [-0.05, 0) is 49.1 Å². The van der Waals surface area contributed by atoms with E-state index in [1.807, 2.05) is 18.2 Å². The van der Waals surface area contributed by atoms with Crippen LogP contribution in [-0.4, -0.2) is 26.1 Å². The second kappa shape index (κ2) is 7.47. The summed E-state index contributed by atoms with van der Waals surface area (Å²) in [6.45, 7) is 0. The Morgan fingerprint density at radius 3 is 2.67 bits per heavy atom. The number of nitrogens with one attached hydrogen (secondary N) is 2. The van der Waals surface area contributed by atoms with E-state index in [1.165, 1.54) is 17.0 Å². The quantitative estimate of drug-likeness (QED) is 0.769. The highest BCUT2D eigenvalue weighted by Gasteiger charge is 2.30. The van der Waals surface area contributed by atoms with Gasteiger partial charge in [0.1, 0.15) is 4.90 Å². The number of hydrogen-bond donors (Lipinski definition) is 2. The van der Waals surface area contributed by atoms with Crippen LogP contribution >= 0.6 is 23.4 Å². The molecule has 1 aliphatic heterocycles. The van der Waals surface area contributed by atoms with Gasteiger partial charge in [0, 0.05) is 22.3 Å². The Hall–Kier alpha value is -1.54. The van der Waals surface area contributed by atoms with Crippen molar-refractivity contribution in [2.75, 3.05) is 5.75 Å². The van der Waals surface area contributed by atoms with Crippen molar-refractivity contribution < 1.29 is 13.2 Å². The Morgan fingerprint density at radius 1 is 1.11 bits per heavy atom. The van der Waals surface area contributed by atoms with E-state index >= 15 is 0 Å². The van der Waals surface area contributed by atoms with Crippen LogP contribution in [0, 0.1) is 0 Å². The van der Waals surface area contributed by atoms with Crippen molar-refractivity contribution in [2.24, 2.45) is 0 Å². The van der Waals surface area contributed by atoms with Crippen molar-refractivity contribution in [1.82, 2.24) is 10.0 Å². The van der Waals surface area contributed by atoms with Gasteiger partial charge in [-0.3, -0.25) is 4.79 Å². The maximum Gasteiger partial charge on any atom is 0.251 e. The van der Waals surface area contributed by atoms with Crippen LogP contribution in [0.2, 0.25) is 5.02 Å². The molecule has 0 spiro atoms. The van der Waals surface area contributed by atoms with E-state index in [-0.39, 0.29) is 33.5 Å². The van der Waals surface area contributed by atoms with Gasteiger partial charge in [-0.1, -0.05) is 29.8 Å². The summed E-state index contributed by atoms with van der Waals surface area (Å²) in [5.41, 5.74) is 1.38. The summed E-state index contributed by atoms with van der Waals surface area (Å²) in [5.74, 6) is 0.620. The second-order valence-electron chi connectivity index (χ2n) is 6.74. The van der Waals surface area contributed by atoms with E-state index in [0.29, 0.717) is 0 Å². The largest absolute Gasteiger partial charge is 0.345 e. The third kappa shape index (κ3) is 4.16. The molecular formula is C19H19ClN2O3S2. The number of benzene rings is 2. The van der Waals surface area contributed by atoms with Crippen molar-refractivity contribution in [1.29, 1.82) is 0 Å². The number of hydrogen-bond acceptors (Lipinski definition) is 4. The van der Waals surface area contributed by atoms with Gasteiger partial charge in [0.15, 0.2) is 0 Å². The number of thioether (sulfide) groups is 1. The van der Waals surface area contributed by atoms with Crippen LogP contribution in [0.5, 0.6) is 0 Å². The predicted octanol–water partition coefficient (Wildman–Crippen LogP) is 3.75. The maximum absolute atomic E-state index is 12.8. The first-order valence-electron chi connectivity index (χ1n) is 8.78. The molecule has 0 aromatic heterocycles. The van der Waals surface area contributed by atoms with Crippen molar-refractivity contribution in [3.05, 3.63) is 58.6 Å². The predicted molar refractivity (Wildman–Crippen MR) is 107 cm³/mol. The van der Waals surface area contributed by atoms with Crippen molar-refractivity contribution in [3.63, 3.8) is 0 Å². The molecule has 2 aromatic carbocycles. The molecule has 0 unspecified atom stereocenters. The zero-order chi connectivity index (χ0) is 19.0. The highest BCUT2D eigenvalue weighted by Crippen LogP contribution is 2.36. The van der Waals surface area contributed by atoms with E-state index in [4.69, 9.17) is 11.6 Å². The van der Waals surface area contributed by atoms with Crippen LogP contribution in [0.3, 0.4) is 0 Å². The smallest absolute Gasteiger partial charge is 0.251 e. The minimum Gasteiger partial charge on any atom is -0.345 e. The number of carbonyl (C=O) groups excluding carboxylic acids is 1. The molecule has 142 valence electrons. The van der Waals surface area contributed by atoms with Gasteiger partial charge in [0.05, 0.1) is 11.1 Å². The monoisotopic (exact) mass is 422 g/mol. The molecule has 1 atom stereocenters. The Kier molecular flexibility index (Phi) is 5.20. The number of sulfonamides is 1. The normalized spacial score (nSPS) is 19.4. The van der Waals surface area contributed by atoms with Crippen LogP contribution in [0.15, 0.2) is 52.3 Å². The molecule has 8 heteroatoms. The average molecular weight is 423 g/mol. The van der Waals surface area contributed by atoms with Gasteiger partial charge in [-0.25, -0.2) is 13.1 Å². The molecule has 1 saturated carbocycles. The maximum atomic E-state index is 12.8. The molecule has 1 amide bonds. The molecule has 2 aliphatic rings. The fourth-order valence-electron chi connectivity index (χ4n) is 3.07. The first kappa shape index (κ1) is 18.8. The summed E-state index contributed by atoms with van der Waals surface area (Å²) in [7, 11) is -3.73. The Morgan fingerprint density at radius 2 is 1.89 bits per heavy atom. The van der Waals surface area contributed by atoms with Gasteiger partial charge < -0.3 is 5.32 Å². The minimum atomic E-state index is -3.73. The average Bonchev–Trinajstić information content (AvgIpc) is 3.45. The Balaban J connectivity index is 1.57. The number of amides is 1. The Bertz CT molecular complexity index is 990. The third-order valence-corrected chi connectivity index (χ3v) is 7.77. The van der Waals surface area contributed by atoms with Crippen LogP contribution in [0.4, 0.5) is 0 Å². The van der Waals surface area contributed by atoms with E-state index < -0.39 is 10.0 Å². The number of halogens is 1. The van der Waals surface area contributed by atoms with Crippen LogP contribution in [-0.2, 0) is 10.0 Å². The molecule has 0 radical (unpaired) electrons. The fraction of sp³-hybridized carbons (Fsp3) is 0.316. The molecule has 27 heavy (non-hydrogen) atoms. The van der Waals surface area contributed by atoms with Crippen molar-refractivity contribution in [3.8, 4) is 0 Å². The van der Waals surface area contributed by atoms with Gasteiger partial charge in [-0.15, -0.1) is 11.8 Å². The second-order valence-corrected chi connectivity index (χ2v) is 9.97. The van der Waals surface area contributed by atoms with E-state index in [0.717, 1.165) is 30.6 Å². The van der Waals surface area contributed by atoms with Gasteiger partial charge in [0.2, 0.25) is 10.0 Å². The first-order chi connectivity index (χ1) is 12.9. The summed E-state index contributed by atoms with van der Waals surface area (Å²) in [6, 6.07) is 12.3. The molecule has 2 aromatic rings. The summed E-state index contributed by atoms with van der Waals surface area (Å²) in [4.78, 5) is 13.9. The molecule has 5 nitrogen and oxygen atoms in total. The SMILES string of the molecule is O=C(N[C@H]1CCSc2ccccc21)c1ccc(Cl)c(S(=O)(=O)NC2CC2)c1. The summed E-state index contributed by atoms with van der Waals surface area (Å²) in [5, 5.41) is 3.14. The van der Waals surface area contributed by atoms with E-state index in [1.54, 1.807) is 17.8 Å². The fourth-order valence-corrected chi connectivity index (χ4v) is 6.02. The lowest BCUT2D eigenvalue weighted by Crippen LogP contribution is -2.31. The van der Waals surface area contributed by atoms with Gasteiger partial charge in [0.25, 0.3) is 5.91 Å². The van der Waals surface area contributed by atoms with Crippen LogP contribution in [0.25, 0.3) is 0 Å². The zero-order valence-corrected chi connectivity index (χ0v) is 16.8. The Labute approximate surface area is 167 Å². The molecular weight excluding hydrogens is 404 g/mol. The summed E-state index contributed by atoms with van der Waals surface area (Å²) >= 11 is 7.87. The highest BCUT2D eigenvalue weighted by molar-refractivity contribution is 7.99. The first-order valence-corrected chi connectivity index (χ1v) is 11.6. The van der Waals surface area contributed by atoms with Crippen LogP contribution < -0.4 is 10.0 Å². The van der Waals surface area contributed by atoms with Crippen molar-refractivity contribution >= 4 is 39.3 Å². The topological polar surface area (TPSA) is 75.3 Å². The summed E-state index contributed by atoms with van der Waals surface area (Å²) in [6.07, 6.45) is 2.49. The lowest BCUT2D eigenvalue weighted by atomic mass is 10.0. The standard InChI is InChI=1S/C19H19ClN2O3S2/c20-15-8-5-12(11-18(15)27(24,25)22-13-6-7-13)19(23)21-16-9-10-26-17-4-2-1-3-14(16)17/h1-5,8,11,13,16,22H,6-7,9-10H2,(H,21,23)/t16-/m0/s1. The summed E-state index contributed by atoms with van der Waals surface area (Å²) < 4.78 is 27.6. The molecule has 1 aliphatic carbocycles. The molecule has 1 heterocycles. The van der Waals surface area contributed by atoms with Gasteiger partial charge >= 0.3 is 0 Å². The minimum absolute atomic E-state index is 0.0280. The molecule has 1 fully saturated rings. The molecule has 0 saturated heterocycles. The third-order valence-electron chi connectivity index (χ3n) is 4.65. The van der Waals surface area contributed by atoms with E-state index in [2.05, 4.69) is 16.1 Å². The molecule has 0 bridgehead atoms. The number of carbonyl (C=O) groups is 1. The molecule has 2 N–H and O–H groups in total. The highest BCUT2D eigenvalue weighted by atomic mass is 35.5. The lowest BCUT2D eigenvalue weighted by molar-refractivity contribution is 0.0935. The number of rotatable bonds is 5. The zero-order valence-electron chi connectivity index (χ0n) is 14.4. The van der Waals surface area contributed by atoms with Gasteiger partial charge in [-0.2, -0.15) is 0 Å². The molecule has 4 rings (SSSR count). The van der Waals surface area contributed by atoms with Crippen molar-refractivity contribution in [2.45, 2.75) is 41.1 Å². The number of fused-ring (bicyclic) bond motifs is 1. The van der Waals surface area contributed by atoms with E-state index in [9.17, 15) is 13.2 Å². The van der Waals surface area contributed by atoms with Crippen LogP contribution in [0.1, 0.15) is 41.2 Å². The lowest BCUT2D eigenvalue weighted by Gasteiger charge is -2.26.